The van der Waals surface area contributed by atoms with Crippen LogP contribution in [-0.2, 0) is 13.1 Å². The monoisotopic (exact) mass is 371 g/mol. The van der Waals surface area contributed by atoms with E-state index in [1.807, 2.05) is 56.3 Å². The highest BCUT2D eigenvalue weighted by molar-refractivity contribution is 5.79. The molecule has 0 aliphatic carbocycles. The zero-order valence-corrected chi connectivity index (χ0v) is 16.7. The van der Waals surface area contributed by atoms with Gasteiger partial charge in [-0.25, -0.2) is 0 Å². The van der Waals surface area contributed by atoms with E-state index in [9.17, 15) is 0 Å². The van der Waals surface area contributed by atoms with Crippen molar-refractivity contribution in [3.05, 3.63) is 53.6 Å². The number of rotatable bonds is 8. The van der Waals surface area contributed by atoms with Gasteiger partial charge in [0.1, 0.15) is 5.75 Å². The van der Waals surface area contributed by atoms with Crippen LogP contribution < -0.4 is 24.8 Å². The van der Waals surface area contributed by atoms with Crippen LogP contribution in [0.1, 0.15) is 25.0 Å². The van der Waals surface area contributed by atoms with E-state index in [1.54, 1.807) is 21.3 Å². The molecule has 0 saturated carbocycles. The van der Waals surface area contributed by atoms with Gasteiger partial charge in [0, 0.05) is 20.1 Å². The fourth-order valence-electron chi connectivity index (χ4n) is 2.54. The molecule has 2 aromatic carbocycles. The van der Waals surface area contributed by atoms with Crippen molar-refractivity contribution in [2.75, 3.05) is 21.3 Å². The first-order valence-corrected chi connectivity index (χ1v) is 8.96. The fourth-order valence-corrected chi connectivity index (χ4v) is 2.54. The summed E-state index contributed by atoms with van der Waals surface area (Å²) in [5.74, 6) is 3.04. The van der Waals surface area contributed by atoms with Crippen LogP contribution in [-0.4, -0.2) is 33.3 Å². The van der Waals surface area contributed by atoms with Crippen molar-refractivity contribution in [3.63, 3.8) is 0 Å². The molecule has 0 saturated heterocycles. The summed E-state index contributed by atoms with van der Waals surface area (Å²) in [5.41, 5.74) is 2.23. The number of methoxy groups -OCH3 is 2. The molecule has 0 aromatic heterocycles. The maximum absolute atomic E-state index is 5.66. The minimum atomic E-state index is 0.175. The van der Waals surface area contributed by atoms with E-state index in [4.69, 9.17) is 14.2 Å². The van der Waals surface area contributed by atoms with Crippen molar-refractivity contribution >= 4 is 5.96 Å². The second-order valence-corrected chi connectivity index (χ2v) is 6.28. The van der Waals surface area contributed by atoms with Crippen molar-refractivity contribution in [1.29, 1.82) is 0 Å². The van der Waals surface area contributed by atoms with E-state index in [2.05, 4.69) is 15.6 Å². The van der Waals surface area contributed by atoms with E-state index < -0.39 is 0 Å². The molecule has 0 heterocycles. The number of hydrogen-bond acceptors (Lipinski definition) is 4. The van der Waals surface area contributed by atoms with E-state index in [0.717, 1.165) is 22.8 Å². The fraction of sp³-hybridized carbons (Fsp3) is 0.381. The lowest BCUT2D eigenvalue weighted by Crippen LogP contribution is -2.36. The van der Waals surface area contributed by atoms with Gasteiger partial charge in [0.25, 0.3) is 0 Å². The topological polar surface area (TPSA) is 64.1 Å². The molecule has 0 aliphatic rings. The Morgan fingerprint density at radius 2 is 1.48 bits per heavy atom. The number of guanidine groups is 1. The molecule has 146 valence electrons. The molecule has 2 rings (SSSR count). The van der Waals surface area contributed by atoms with Crippen molar-refractivity contribution in [2.24, 2.45) is 4.99 Å². The van der Waals surface area contributed by atoms with Crippen LogP contribution in [0.4, 0.5) is 0 Å². The van der Waals surface area contributed by atoms with Gasteiger partial charge in [0.05, 0.1) is 20.3 Å². The molecule has 0 fully saturated rings. The highest BCUT2D eigenvalue weighted by atomic mass is 16.5. The van der Waals surface area contributed by atoms with E-state index in [-0.39, 0.29) is 6.10 Å². The SMILES string of the molecule is CN=C(NCc1ccc(OC(C)C)cc1)NCc1ccc(OC)c(OC)c1. The Labute approximate surface area is 161 Å². The number of hydrogen-bond donors (Lipinski definition) is 2. The van der Waals surface area contributed by atoms with E-state index in [0.29, 0.717) is 24.6 Å². The first-order chi connectivity index (χ1) is 13.0. The first-order valence-electron chi connectivity index (χ1n) is 8.96. The summed E-state index contributed by atoms with van der Waals surface area (Å²) in [6.07, 6.45) is 0.175. The Kier molecular flexibility index (Phi) is 7.79. The molecule has 0 bridgehead atoms. The molecular weight excluding hydrogens is 342 g/mol. The van der Waals surface area contributed by atoms with E-state index >= 15 is 0 Å². The minimum absolute atomic E-state index is 0.175. The van der Waals surface area contributed by atoms with Gasteiger partial charge in [0.15, 0.2) is 17.5 Å². The van der Waals surface area contributed by atoms with Crippen LogP contribution in [0.25, 0.3) is 0 Å². The molecule has 2 aromatic rings. The molecule has 0 aliphatic heterocycles. The number of aliphatic imine (C=N–C) groups is 1. The van der Waals surface area contributed by atoms with Crippen LogP contribution in [0.2, 0.25) is 0 Å². The Balaban J connectivity index is 1.87. The van der Waals surface area contributed by atoms with Crippen LogP contribution in [0, 0.1) is 0 Å². The average Bonchev–Trinajstić information content (AvgIpc) is 2.68. The van der Waals surface area contributed by atoms with Gasteiger partial charge >= 0.3 is 0 Å². The van der Waals surface area contributed by atoms with Crippen molar-refractivity contribution < 1.29 is 14.2 Å². The van der Waals surface area contributed by atoms with Gasteiger partial charge < -0.3 is 24.8 Å². The molecule has 2 N–H and O–H groups in total. The van der Waals surface area contributed by atoms with Gasteiger partial charge in [-0.05, 0) is 49.2 Å². The van der Waals surface area contributed by atoms with Gasteiger partial charge in [-0.2, -0.15) is 0 Å². The van der Waals surface area contributed by atoms with Crippen molar-refractivity contribution in [2.45, 2.75) is 33.0 Å². The van der Waals surface area contributed by atoms with Gasteiger partial charge in [-0.1, -0.05) is 18.2 Å². The quantitative estimate of drug-likeness (QED) is 0.550. The molecule has 27 heavy (non-hydrogen) atoms. The summed E-state index contributed by atoms with van der Waals surface area (Å²) in [5, 5.41) is 6.61. The highest BCUT2D eigenvalue weighted by Crippen LogP contribution is 2.27. The summed E-state index contributed by atoms with van der Waals surface area (Å²) in [7, 11) is 5.01. The molecule has 0 spiro atoms. The zero-order chi connectivity index (χ0) is 19.6. The summed E-state index contributed by atoms with van der Waals surface area (Å²) < 4.78 is 16.3. The van der Waals surface area contributed by atoms with Gasteiger partial charge in [-0.15, -0.1) is 0 Å². The number of ether oxygens (including phenoxy) is 3. The highest BCUT2D eigenvalue weighted by Gasteiger charge is 2.05. The second kappa shape index (κ2) is 10.3. The number of nitrogens with one attached hydrogen (secondary N) is 2. The number of nitrogens with zero attached hydrogens (tertiary/aromatic N) is 1. The first kappa shape index (κ1) is 20.4. The average molecular weight is 371 g/mol. The third-order valence-corrected chi connectivity index (χ3v) is 3.89. The summed E-state index contributed by atoms with van der Waals surface area (Å²) in [4.78, 5) is 4.27. The lowest BCUT2D eigenvalue weighted by molar-refractivity contribution is 0.242. The number of benzene rings is 2. The maximum Gasteiger partial charge on any atom is 0.191 e. The van der Waals surface area contributed by atoms with Crippen LogP contribution in [0.3, 0.4) is 0 Å². The lowest BCUT2D eigenvalue weighted by atomic mass is 10.2. The third-order valence-electron chi connectivity index (χ3n) is 3.89. The van der Waals surface area contributed by atoms with Crippen molar-refractivity contribution in [3.8, 4) is 17.2 Å². The largest absolute Gasteiger partial charge is 0.493 e. The smallest absolute Gasteiger partial charge is 0.191 e. The van der Waals surface area contributed by atoms with Crippen LogP contribution >= 0.6 is 0 Å². The van der Waals surface area contributed by atoms with Gasteiger partial charge in [-0.3, -0.25) is 4.99 Å². The lowest BCUT2D eigenvalue weighted by Gasteiger charge is -2.14. The standard InChI is InChI=1S/C21H29N3O3/c1-15(2)27-18-9-6-16(7-10-18)13-23-21(22-3)24-14-17-8-11-19(25-4)20(12-17)26-5/h6-12,15H,13-14H2,1-5H3,(H2,22,23,24). The third kappa shape index (κ3) is 6.40. The Hall–Kier alpha value is -2.89. The van der Waals surface area contributed by atoms with Crippen LogP contribution in [0.15, 0.2) is 47.5 Å². The molecule has 6 heteroatoms. The maximum atomic E-state index is 5.66. The Morgan fingerprint density at radius 1 is 0.889 bits per heavy atom. The second-order valence-electron chi connectivity index (χ2n) is 6.28. The predicted octanol–water partition coefficient (Wildman–Crippen LogP) is 3.36. The Morgan fingerprint density at radius 3 is 2.04 bits per heavy atom. The van der Waals surface area contributed by atoms with E-state index in [1.165, 1.54) is 0 Å². The predicted molar refractivity (Wildman–Crippen MR) is 109 cm³/mol. The molecule has 0 atom stereocenters. The molecule has 0 unspecified atom stereocenters. The van der Waals surface area contributed by atoms with Crippen molar-refractivity contribution in [1.82, 2.24) is 10.6 Å². The summed E-state index contributed by atoms with van der Waals surface area (Å²) in [6.45, 7) is 5.34. The van der Waals surface area contributed by atoms with Gasteiger partial charge in [0.2, 0.25) is 0 Å². The normalized spacial score (nSPS) is 11.3. The zero-order valence-electron chi connectivity index (χ0n) is 16.7. The molecular formula is C21H29N3O3. The van der Waals surface area contributed by atoms with Crippen LogP contribution in [0.5, 0.6) is 17.2 Å². The summed E-state index contributed by atoms with van der Waals surface area (Å²) >= 11 is 0. The minimum Gasteiger partial charge on any atom is -0.493 e. The summed E-state index contributed by atoms with van der Waals surface area (Å²) in [6, 6.07) is 13.9. The Bertz CT molecular complexity index is 743. The molecule has 6 nitrogen and oxygen atoms in total. The molecule has 0 radical (unpaired) electrons. The molecule has 0 amide bonds.